The molecule has 0 bridgehead atoms. The Morgan fingerprint density at radius 2 is 2.48 bits per heavy atom. The van der Waals surface area contributed by atoms with Gasteiger partial charge in [0.2, 0.25) is 0 Å². The summed E-state index contributed by atoms with van der Waals surface area (Å²) in [6.45, 7) is 2.58. The Hall–Kier alpha value is -0.960. The number of pyridine rings is 1. The molecule has 6 nitrogen and oxygen atoms in total. The molecule has 1 N–H and O–H groups in total. The highest BCUT2D eigenvalue weighted by molar-refractivity contribution is 8.76. The van der Waals surface area contributed by atoms with Crippen LogP contribution in [0.4, 0.5) is 4.79 Å². The molecule has 0 aliphatic carbocycles. The van der Waals surface area contributed by atoms with E-state index in [1.54, 1.807) is 32.7 Å². The zero-order valence-electron chi connectivity index (χ0n) is 12.8. The van der Waals surface area contributed by atoms with Crippen molar-refractivity contribution in [2.45, 2.75) is 30.1 Å². The van der Waals surface area contributed by atoms with Gasteiger partial charge in [0.1, 0.15) is 11.6 Å². The molecule has 2 fully saturated rings. The molecular formula is C15H21N3O3S2. The lowest BCUT2D eigenvalue weighted by molar-refractivity contribution is 0.00573. The van der Waals surface area contributed by atoms with Crippen molar-refractivity contribution in [3.05, 3.63) is 24.4 Å². The van der Waals surface area contributed by atoms with Crippen molar-refractivity contribution in [1.82, 2.24) is 15.2 Å². The fourth-order valence-corrected chi connectivity index (χ4v) is 4.42. The Labute approximate surface area is 144 Å². The van der Waals surface area contributed by atoms with Crippen LogP contribution in [0.2, 0.25) is 0 Å². The van der Waals surface area contributed by atoms with Crippen molar-refractivity contribution in [1.29, 1.82) is 0 Å². The highest BCUT2D eigenvalue weighted by atomic mass is 33.1. The van der Waals surface area contributed by atoms with Crippen molar-refractivity contribution >= 4 is 27.7 Å². The van der Waals surface area contributed by atoms with E-state index in [9.17, 15) is 4.79 Å². The summed E-state index contributed by atoms with van der Waals surface area (Å²) < 4.78 is 11.1. The minimum absolute atomic E-state index is 0.180. The lowest BCUT2D eigenvalue weighted by Crippen LogP contribution is -2.47. The summed E-state index contributed by atoms with van der Waals surface area (Å²) in [7, 11) is 3.22. The van der Waals surface area contributed by atoms with Gasteiger partial charge in [-0.25, -0.2) is 9.78 Å². The molecule has 126 valence electrons. The highest BCUT2D eigenvalue weighted by Crippen LogP contribution is 2.28. The number of carbonyl (C=O) groups is 1. The number of nitrogens with one attached hydrogen (secondary N) is 1. The van der Waals surface area contributed by atoms with Crippen LogP contribution in [0.1, 0.15) is 12.8 Å². The number of hydrogen-bond acceptors (Lipinski definition) is 7. The number of carbonyl (C=O) groups excluding carboxylic acids is 1. The summed E-state index contributed by atoms with van der Waals surface area (Å²) in [5.41, 5.74) is 0. The Morgan fingerprint density at radius 3 is 3.26 bits per heavy atom. The topological polar surface area (TPSA) is 63.7 Å². The quantitative estimate of drug-likeness (QED) is 0.621. The van der Waals surface area contributed by atoms with Gasteiger partial charge >= 0.3 is 6.09 Å². The number of amides is 1. The van der Waals surface area contributed by atoms with Crippen LogP contribution in [0.25, 0.3) is 0 Å². The largest absolute Gasteiger partial charge is 0.448 e. The van der Waals surface area contributed by atoms with Gasteiger partial charge < -0.3 is 14.8 Å². The molecule has 0 aromatic carbocycles. The van der Waals surface area contributed by atoms with Gasteiger partial charge in [-0.3, -0.25) is 4.90 Å². The fourth-order valence-electron chi connectivity index (χ4n) is 2.72. The molecule has 1 aromatic heterocycles. The van der Waals surface area contributed by atoms with Crippen LogP contribution in [0.15, 0.2) is 29.4 Å². The van der Waals surface area contributed by atoms with Gasteiger partial charge in [0.05, 0.1) is 19.2 Å². The van der Waals surface area contributed by atoms with Crippen LogP contribution >= 0.6 is 21.6 Å². The first-order valence-electron chi connectivity index (χ1n) is 7.83. The monoisotopic (exact) mass is 355 g/mol. The lowest BCUT2D eigenvalue weighted by atomic mass is 10.2. The molecule has 0 spiro atoms. The summed E-state index contributed by atoms with van der Waals surface area (Å²) in [6, 6.07) is 6.05. The first-order chi connectivity index (χ1) is 11.3. The van der Waals surface area contributed by atoms with Crippen molar-refractivity contribution in [3.63, 3.8) is 0 Å². The maximum atomic E-state index is 12.2. The molecule has 0 saturated carbocycles. The van der Waals surface area contributed by atoms with Crippen molar-refractivity contribution in [2.24, 2.45) is 0 Å². The summed E-state index contributed by atoms with van der Waals surface area (Å²) in [5.74, 6) is 0.730. The first-order valence-corrected chi connectivity index (χ1v) is 10.2. The van der Waals surface area contributed by atoms with Crippen LogP contribution in [-0.4, -0.2) is 60.3 Å². The van der Waals surface area contributed by atoms with E-state index in [-0.39, 0.29) is 18.4 Å². The van der Waals surface area contributed by atoms with E-state index in [1.807, 2.05) is 18.2 Å². The molecule has 2 atom stereocenters. The molecule has 1 unspecified atom stereocenters. The van der Waals surface area contributed by atoms with Gasteiger partial charge in [0.15, 0.2) is 6.23 Å². The van der Waals surface area contributed by atoms with Crippen molar-refractivity contribution in [2.75, 3.05) is 32.1 Å². The molecule has 1 aromatic rings. The van der Waals surface area contributed by atoms with Crippen LogP contribution in [0.5, 0.6) is 0 Å². The van der Waals surface area contributed by atoms with Gasteiger partial charge in [-0.15, -0.1) is 0 Å². The normalized spacial score (nSPS) is 24.1. The molecular weight excluding hydrogens is 334 g/mol. The third-order valence-corrected chi connectivity index (χ3v) is 6.01. The molecule has 3 rings (SSSR count). The van der Waals surface area contributed by atoms with Gasteiger partial charge in [0.25, 0.3) is 0 Å². The molecule has 2 aliphatic heterocycles. The first kappa shape index (κ1) is 16.9. The zero-order chi connectivity index (χ0) is 15.9. The minimum Gasteiger partial charge on any atom is -0.448 e. The average molecular weight is 355 g/mol. The third kappa shape index (κ3) is 4.76. The average Bonchev–Trinajstić information content (AvgIpc) is 3.26. The molecule has 0 radical (unpaired) electrons. The number of hydrogen-bond donors (Lipinski definition) is 1. The maximum absolute atomic E-state index is 12.2. The van der Waals surface area contributed by atoms with Crippen LogP contribution in [0.3, 0.4) is 0 Å². The summed E-state index contributed by atoms with van der Waals surface area (Å²) >= 11 is 0. The number of ether oxygens (including phenoxy) is 2. The molecule has 23 heavy (non-hydrogen) atoms. The lowest BCUT2D eigenvalue weighted by Gasteiger charge is -2.27. The van der Waals surface area contributed by atoms with Crippen molar-refractivity contribution < 1.29 is 14.3 Å². The molecule has 2 aliphatic rings. The van der Waals surface area contributed by atoms with E-state index in [1.165, 1.54) is 0 Å². The van der Waals surface area contributed by atoms with Crippen LogP contribution in [-0.2, 0) is 9.47 Å². The predicted octanol–water partition coefficient (Wildman–Crippen LogP) is 2.37. The second kappa shape index (κ2) is 8.77. The van der Waals surface area contributed by atoms with E-state index >= 15 is 0 Å². The summed E-state index contributed by atoms with van der Waals surface area (Å²) in [5, 5.41) is 4.35. The fraction of sp³-hybridized carbons (Fsp3) is 0.600. The zero-order valence-corrected chi connectivity index (χ0v) is 14.5. The highest BCUT2D eigenvalue weighted by Gasteiger charge is 2.37. The Balaban J connectivity index is 1.35. The van der Waals surface area contributed by atoms with E-state index in [4.69, 9.17) is 9.47 Å². The van der Waals surface area contributed by atoms with Gasteiger partial charge in [-0.05, 0) is 42.3 Å². The Morgan fingerprint density at radius 1 is 1.52 bits per heavy atom. The predicted molar refractivity (Wildman–Crippen MR) is 91.4 cm³/mol. The summed E-state index contributed by atoms with van der Waals surface area (Å²) in [6.07, 6.45) is 3.50. The number of nitrogens with zero attached hydrogens (tertiary/aromatic N) is 2. The van der Waals surface area contributed by atoms with E-state index < -0.39 is 0 Å². The number of rotatable bonds is 6. The second-order valence-electron chi connectivity index (χ2n) is 5.35. The van der Waals surface area contributed by atoms with Gasteiger partial charge in [-0.2, -0.15) is 0 Å². The van der Waals surface area contributed by atoms with E-state index in [0.717, 1.165) is 30.2 Å². The smallest absolute Gasteiger partial charge is 0.411 e. The second-order valence-corrected chi connectivity index (χ2v) is 7.78. The van der Waals surface area contributed by atoms with Crippen LogP contribution < -0.4 is 5.32 Å². The SMILES string of the molecule is O=C(OCCSSc1ccccn1)N1CCOC1[C@@H]1CCCN1. The standard InChI is InChI=1S/C15H21N3O3S2/c19-15(18-8-9-20-14(18)12-4-3-7-16-12)21-10-11-22-23-13-5-1-2-6-17-13/h1-2,5-6,12,14,16H,3-4,7-11H2/t12-,14?/m0/s1. The molecule has 2 saturated heterocycles. The van der Waals surface area contributed by atoms with Crippen molar-refractivity contribution in [3.8, 4) is 0 Å². The Bertz CT molecular complexity index is 500. The molecule has 3 heterocycles. The minimum atomic E-state index is -0.273. The van der Waals surface area contributed by atoms with Crippen LogP contribution in [0, 0.1) is 0 Å². The van der Waals surface area contributed by atoms with Gasteiger partial charge in [0, 0.05) is 11.9 Å². The van der Waals surface area contributed by atoms with Gasteiger partial charge in [-0.1, -0.05) is 16.9 Å². The van der Waals surface area contributed by atoms with E-state index in [2.05, 4.69) is 10.3 Å². The van der Waals surface area contributed by atoms with E-state index in [0.29, 0.717) is 19.8 Å². The maximum Gasteiger partial charge on any atom is 0.411 e. The molecule has 1 amide bonds. The third-order valence-electron chi connectivity index (χ3n) is 3.78. The molecule has 8 heteroatoms. The summed E-state index contributed by atoms with van der Waals surface area (Å²) in [4.78, 5) is 18.2. The Kier molecular flexibility index (Phi) is 6.44. The number of aromatic nitrogens is 1.